The molecular formula is C28H29BrCl2N2O3. The molecule has 0 aliphatic carbocycles. The average Bonchev–Trinajstić information content (AvgIpc) is 2.87. The molecule has 0 aliphatic heterocycles. The topological polar surface area (TPSA) is 58.6 Å². The molecule has 1 N–H and O–H groups in total. The molecule has 0 fully saturated rings. The van der Waals surface area contributed by atoms with Gasteiger partial charge in [-0.1, -0.05) is 88.9 Å². The standard InChI is InChI=1S/C28H29BrCl2N2O3/c1-2-3-15-32-28(35)26(16-20-7-5-4-6-8-20)33(18-21-9-12-23(30)17-25(21)31)27(34)19-36-24-13-10-22(29)11-14-24/h4-14,17,26H,2-3,15-16,18-19H2,1H3,(H,32,35)/t26-/m1/s1. The largest absolute Gasteiger partial charge is 0.484 e. The fraction of sp³-hybridized carbons (Fsp3) is 0.286. The number of ether oxygens (including phenoxy) is 1. The second kappa shape index (κ2) is 14.3. The summed E-state index contributed by atoms with van der Waals surface area (Å²) in [6.07, 6.45) is 2.16. The molecule has 2 amide bonds. The zero-order valence-corrected chi connectivity index (χ0v) is 23.2. The maximum Gasteiger partial charge on any atom is 0.261 e. The summed E-state index contributed by atoms with van der Waals surface area (Å²) in [6, 6.07) is 21.2. The first-order valence-electron chi connectivity index (χ1n) is 11.8. The number of nitrogens with one attached hydrogen (secondary N) is 1. The SMILES string of the molecule is CCCCNC(=O)[C@@H](Cc1ccccc1)N(Cc1ccc(Cl)cc1Cl)C(=O)COc1ccc(Br)cc1. The van der Waals surface area contributed by atoms with Gasteiger partial charge in [-0.2, -0.15) is 0 Å². The van der Waals surface area contributed by atoms with Crippen LogP contribution in [-0.4, -0.2) is 35.9 Å². The Bertz CT molecular complexity index is 1140. The van der Waals surface area contributed by atoms with Crippen molar-refractivity contribution in [2.75, 3.05) is 13.2 Å². The molecule has 1 atom stereocenters. The van der Waals surface area contributed by atoms with Gasteiger partial charge in [0.05, 0.1) is 0 Å². The molecule has 0 saturated carbocycles. The van der Waals surface area contributed by atoms with E-state index in [1.165, 1.54) is 0 Å². The van der Waals surface area contributed by atoms with Crippen LogP contribution in [0.5, 0.6) is 5.75 Å². The molecule has 5 nitrogen and oxygen atoms in total. The molecule has 0 spiro atoms. The van der Waals surface area contributed by atoms with E-state index in [1.54, 1.807) is 35.2 Å². The van der Waals surface area contributed by atoms with Crippen LogP contribution in [0.15, 0.2) is 77.3 Å². The lowest BCUT2D eigenvalue weighted by atomic mass is 10.0. The van der Waals surface area contributed by atoms with Crippen LogP contribution in [0, 0.1) is 0 Å². The van der Waals surface area contributed by atoms with Crippen LogP contribution >= 0.6 is 39.1 Å². The minimum absolute atomic E-state index is 0.136. The van der Waals surface area contributed by atoms with Crippen LogP contribution in [0.4, 0.5) is 0 Å². The summed E-state index contributed by atoms with van der Waals surface area (Å²) in [5, 5.41) is 3.92. The average molecular weight is 592 g/mol. The number of hydrogen-bond donors (Lipinski definition) is 1. The van der Waals surface area contributed by atoms with Gasteiger partial charge >= 0.3 is 0 Å². The fourth-order valence-electron chi connectivity index (χ4n) is 3.65. The van der Waals surface area contributed by atoms with Crippen LogP contribution in [-0.2, 0) is 22.6 Å². The van der Waals surface area contributed by atoms with E-state index in [1.807, 2.05) is 42.5 Å². The number of rotatable bonds is 12. The molecule has 36 heavy (non-hydrogen) atoms. The van der Waals surface area contributed by atoms with Gasteiger partial charge in [-0.3, -0.25) is 9.59 Å². The van der Waals surface area contributed by atoms with Crippen LogP contribution < -0.4 is 10.1 Å². The van der Waals surface area contributed by atoms with Gasteiger partial charge in [0.2, 0.25) is 5.91 Å². The lowest BCUT2D eigenvalue weighted by Gasteiger charge is -2.31. The Morgan fingerprint density at radius 3 is 2.42 bits per heavy atom. The summed E-state index contributed by atoms with van der Waals surface area (Å²) < 4.78 is 6.68. The number of hydrogen-bond acceptors (Lipinski definition) is 3. The third-order valence-electron chi connectivity index (χ3n) is 5.63. The van der Waals surface area contributed by atoms with Crippen LogP contribution in [0.2, 0.25) is 10.0 Å². The predicted octanol–water partition coefficient (Wildman–Crippen LogP) is 6.69. The van der Waals surface area contributed by atoms with Crippen molar-refractivity contribution in [1.82, 2.24) is 10.2 Å². The lowest BCUT2D eigenvalue weighted by Crippen LogP contribution is -2.51. The smallest absolute Gasteiger partial charge is 0.261 e. The summed E-state index contributed by atoms with van der Waals surface area (Å²) in [7, 11) is 0. The minimum Gasteiger partial charge on any atom is -0.484 e. The molecule has 0 aliphatic rings. The van der Waals surface area contributed by atoms with E-state index in [0.29, 0.717) is 34.3 Å². The Hall–Kier alpha value is -2.54. The Labute approximate surface area is 230 Å². The molecule has 3 aromatic rings. The molecule has 0 radical (unpaired) electrons. The summed E-state index contributed by atoms with van der Waals surface area (Å²) in [6.45, 7) is 2.52. The van der Waals surface area contributed by atoms with E-state index in [9.17, 15) is 9.59 Å². The Morgan fingerprint density at radius 1 is 1.03 bits per heavy atom. The lowest BCUT2D eigenvalue weighted by molar-refractivity contribution is -0.142. The molecule has 8 heteroatoms. The van der Waals surface area contributed by atoms with Gasteiger partial charge in [0.25, 0.3) is 5.91 Å². The molecule has 0 heterocycles. The number of halogens is 3. The summed E-state index contributed by atoms with van der Waals surface area (Å²) in [5.41, 5.74) is 1.64. The van der Waals surface area contributed by atoms with Gasteiger partial charge in [0.15, 0.2) is 6.61 Å². The van der Waals surface area contributed by atoms with E-state index in [-0.39, 0.29) is 25.0 Å². The van der Waals surface area contributed by atoms with Crippen molar-refractivity contribution < 1.29 is 14.3 Å². The molecule has 190 valence electrons. The quantitative estimate of drug-likeness (QED) is 0.239. The number of carbonyl (C=O) groups excluding carboxylic acids is 2. The highest BCUT2D eigenvalue weighted by molar-refractivity contribution is 9.10. The van der Waals surface area contributed by atoms with E-state index in [2.05, 4.69) is 28.2 Å². The summed E-state index contributed by atoms with van der Waals surface area (Å²) >= 11 is 15.9. The maximum absolute atomic E-state index is 13.6. The van der Waals surface area contributed by atoms with E-state index >= 15 is 0 Å². The molecule has 0 unspecified atom stereocenters. The van der Waals surface area contributed by atoms with Crippen molar-refractivity contribution >= 4 is 50.9 Å². The zero-order valence-electron chi connectivity index (χ0n) is 20.1. The highest BCUT2D eigenvalue weighted by Gasteiger charge is 2.31. The second-order valence-corrected chi connectivity index (χ2v) is 10.1. The Morgan fingerprint density at radius 2 is 1.75 bits per heavy atom. The minimum atomic E-state index is -0.753. The normalized spacial score (nSPS) is 11.6. The molecule has 0 bridgehead atoms. The number of carbonyl (C=O) groups is 2. The molecule has 0 saturated heterocycles. The molecule has 3 rings (SSSR count). The highest BCUT2D eigenvalue weighted by atomic mass is 79.9. The van der Waals surface area contributed by atoms with Gasteiger partial charge in [-0.15, -0.1) is 0 Å². The summed E-state index contributed by atoms with van der Waals surface area (Å²) in [5.74, 6) is 0.0212. The molecule has 3 aromatic carbocycles. The number of benzene rings is 3. The van der Waals surface area contributed by atoms with Crippen molar-refractivity contribution in [3.8, 4) is 5.75 Å². The third-order valence-corrected chi connectivity index (χ3v) is 6.75. The van der Waals surface area contributed by atoms with E-state index in [4.69, 9.17) is 27.9 Å². The summed E-state index contributed by atoms with van der Waals surface area (Å²) in [4.78, 5) is 28.5. The molecular weight excluding hydrogens is 563 g/mol. The van der Waals surface area contributed by atoms with E-state index < -0.39 is 6.04 Å². The van der Waals surface area contributed by atoms with Crippen molar-refractivity contribution in [3.05, 3.63) is 98.4 Å². The first-order valence-corrected chi connectivity index (χ1v) is 13.4. The molecule has 0 aromatic heterocycles. The van der Waals surface area contributed by atoms with E-state index in [0.717, 1.165) is 22.9 Å². The van der Waals surface area contributed by atoms with Gasteiger partial charge in [0, 0.05) is 34.0 Å². The number of nitrogens with zero attached hydrogens (tertiary/aromatic N) is 1. The predicted molar refractivity (Wildman–Crippen MR) is 149 cm³/mol. The Balaban J connectivity index is 1.90. The van der Waals surface area contributed by atoms with Crippen molar-refractivity contribution in [2.45, 2.75) is 38.8 Å². The first-order chi connectivity index (χ1) is 17.4. The van der Waals surface area contributed by atoms with Crippen LogP contribution in [0.1, 0.15) is 30.9 Å². The van der Waals surface area contributed by atoms with Crippen LogP contribution in [0.3, 0.4) is 0 Å². The zero-order chi connectivity index (χ0) is 25.9. The van der Waals surface area contributed by atoms with Gasteiger partial charge in [-0.25, -0.2) is 0 Å². The highest BCUT2D eigenvalue weighted by Crippen LogP contribution is 2.24. The maximum atomic E-state index is 13.6. The fourth-order valence-corrected chi connectivity index (χ4v) is 4.38. The second-order valence-electron chi connectivity index (χ2n) is 8.35. The van der Waals surface area contributed by atoms with Crippen molar-refractivity contribution in [1.29, 1.82) is 0 Å². The van der Waals surface area contributed by atoms with Gasteiger partial charge < -0.3 is 15.0 Å². The van der Waals surface area contributed by atoms with Crippen LogP contribution in [0.25, 0.3) is 0 Å². The van der Waals surface area contributed by atoms with Crippen molar-refractivity contribution in [2.24, 2.45) is 0 Å². The monoisotopic (exact) mass is 590 g/mol. The third kappa shape index (κ3) is 8.54. The number of unbranched alkanes of at least 4 members (excludes halogenated alkanes) is 1. The van der Waals surface area contributed by atoms with Gasteiger partial charge in [-0.05, 0) is 53.9 Å². The first kappa shape index (κ1) is 28.0. The van der Waals surface area contributed by atoms with Gasteiger partial charge in [0.1, 0.15) is 11.8 Å². The number of amides is 2. The Kier molecular flexibility index (Phi) is 11.1. The van der Waals surface area contributed by atoms with Crippen molar-refractivity contribution in [3.63, 3.8) is 0 Å².